The Balaban J connectivity index is 0. The number of rotatable bonds is 3. The molecule has 5 heteroatoms. The monoisotopic (exact) mass is 201 g/mol. The number of nitrogens with one attached hydrogen (secondary N) is 1. The second kappa shape index (κ2) is 10.0. The lowest BCUT2D eigenvalue weighted by Crippen LogP contribution is -2.09. The number of halogens is 2. The van der Waals surface area contributed by atoms with E-state index in [9.17, 15) is 4.79 Å². The lowest BCUT2D eigenvalue weighted by atomic mass is 10.7. The molecule has 0 saturated heterocycles. The molecule has 0 unspecified atom stereocenters. The molecule has 0 fully saturated rings. The average Bonchev–Trinajstić information content (AvgIpc) is 1.90. The molecule has 0 rings (SSSR count). The van der Waals surface area contributed by atoms with Gasteiger partial charge in [0.1, 0.15) is 0 Å². The van der Waals surface area contributed by atoms with Gasteiger partial charge in [-0.2, -0.15) is 0 Å². The fourth-order valence-corrected chi connectivity index (χ4v) is 0.250. The summed E-state index contributed by atoms with van der Waals surface area (Å²) in [5.41, 5.74) is 0. The average molecular weight is 202 g/mol. The van der Waals surface area contributed by atoms with Crippen molar-refractivity contribution in [3.8, 4) is 0 Å². The number of hydrogen-bond acceptors (Lipinski definition) is 2. The van der Waals surface area contributed by atoms with Gasteiger partial charge in [0.15, 0.2) is 0 Å². The van der Waals surface area contributed by atoms with Gasteiger partial charge in [-0.05, 0) is 13.1 Å². The fraction of sp³-hybridized carbons (Fsp3) is 0.833. The molecule has 2 N–H and O–H groups in total. The van der Waals surface area contributed by atoms with E-state index in [1.165, 1.54) is 0 Å². The highest BCUT2D eigenvalue weighted by Crippen LogP contribution is 1.98. The smallest absolute Gasteiger partial charge is 0.337 e. The second-order valence-corrected chi connectivity index (χ2v) is 2.69. The Kier molecular flexibility index (Phi) is 12.4. The third-order valence-corrected chi connectivity index (χ3v) is 1.06. The van der Waals surface area contributed by atoms with Crippen LogP contribution in [0.5, 0.6) is 0 Å². The Morgan fingerprint density at radius 2 is 1.73 bits per heavy atom. The minimum atomic E-state index is -1.29. The SMILES string of the molecule is CCNCC.O=C(O)C(Cl)Cl. The van der Waals surface area contributed by atoms with Crippen LogP contribution in [-0.4, -0.2) is 29.0 Å². The minimum absolute atomic E-state index is 1.09. The lowest BCUT2D eigenvalue weighted by molar-refractivity contribution is -0.135. The normalized spacial score (nSPS) is 8.82. The number of carbonyl (C=O) groups is 1. The molecule has 0 aliphatic rings. The van der Waals surface area contributed by atoms with Gasteiger partial charge in [-0.1, -0.05) is 37.0 Å². The van der Waals surface area contributed by atoms with Crippen molar-refractivity contribution >= 4 is 29.2 Å². The Bertz CT molecular complexity index is 96.6. The molecule has 11 heavy (non-hydrogen) atoms. The van der Waals surface area contributed by atoms with Gasteiger partial charge >= 0.3 is 5.97 Å². The van der Waals surface area contributed by atoms with Crippen LogP contribution in [0.25, 0.3) is 0 Å². The Hall–Kier alpha value is 0.01000. The third-order valence-electron chi connectivity index (χ3n) is 0.687. The predicted molar refractivity (Wildman–Crippen MR) is 47.3 cm³/mol. The molecule has 0 aromatic heterocycles. The second-order valence-electron chi connectivity index (χ2n) is 1.60. The van der Waals surface area contributed by atoms with E-state index in [2.05, 4.69) is 19.2 Å². The van der Waals surface area contributed by atoms with E-state index < -0.39 is 10.8 Å². The van der Waals surface area contributed by atoms with E-state index in [-0.39, 0.29) is 0 Å². The maximum atomic E-state index is 9.44. The van der Waals surface area contributed by atoms with Gasteiger partial charge in [-0.15, -0.1) is 0 Å². The predicted octanol–water partition coefficient (Wildman–Crippen LogP) is 1.49. The first-order valence-electron chi connectivity index (χ1n) is 3.27. The molecule has 68 valence electrons. The molecule has 0 aromatic carbocycles. The Labute approximate surface area is 76.7 Å². The van der Waals surface area contributed by atoms with E-state index >= 15 is 0 Å². The summed E-state index contributed by atoms with van der Waals surface area (Å²) >= 11 is 9.56. The number of hydrogen-bond donors (Lipinski definition) is 2. The molecule has 0 aliphatic heterocycles. The summed E-state index contributed by atoms with van der Waals surface area (Å²) in [4.78, 5) is 8.15. The summed E-state index contributed by atoms with van der Waals surface area (Å²) in [6.07, 6.45) is 0. The summed E-state index contributed by atoms with van der Waals surface area (Å²) in [5, 5.41) is 10.8. The van der Waals surface area contributed by atoms with Crippen LogP contribution >= 0.6 is 23.2 Å². The van der Waals surface area contributed by atoms with Crippen LogP contribution in [0.15, 0.2) is 0 Å². The molecule has 0 aromatic rings. The van der Waals surface area contributed by atoms with E-state index in [1.807, 2.05) is 0 Å². The van der Waals surface area contributed by atoms with Crippen LogP contribution in [0.3, 0.4) is 0 Å². The highest BCUT2D eigenvalue weighted by molar-refractivity contribution is 6.52. The molecule has 0 atom stereocenters. The van der Waals surface area contributed by atoms with Gasteiger partial charge in [0.25, 0.3) is 0 Å². The first-order chi connectivity index (χ1) is 5.06. The number of carboxylic acids is 1. The van der Waals surface area contributed by atoms with Gasteiger partial charge in [0.05, 0.1) is 0 Å². The van der Waals surface area contributed by atoms with Crippen molar-refractivity contribution in [2.24, 2.45) is 0 Å². The Morgan fingerprint density at radius 1 is 1.45 bits per heavy atom. The van der Waals surface area contributed by atoms with Crippen molar-refractivity contribution in [2.45, 2.75) is 18.7 Å². The quantitative estimate of drug-likeness (QED) is 0.681. The summed E-state index contributed by atoms with van der Waals surface area (Å²) in [7, 11) is 0. The van der Waals surface area contributed by atoms with E-state index in [0.717, 1.165) is 13.1 Å². The molecule has 0 amide bonds. The van der Waals surface area contributed by atoms with Crippen molar-refractivity contribution < 1.29 is 9.90 Å². The summed E-state index contributed by atoms with van der Waals surface area (Å²) in [5.74, 6) is -1.21. The zero-order valence-corrected chi connectivity index (χ0v) is 8.11. The van der Waals surface area contributed by atoms with Crippen molar-refractivity contribution in [2.75, 3.05) is 13.1 Å². The van der Waals surface area contributed by atoms with Crippen molar-refractivity contribution in [3.63, 3.8) is 0 Å². The van der Waals surface area contributed by atoms with Crippen LogP contribution < -0.4 is 5.32 Å². The maximum Gasteiger partial charge on any atom is 0.337 e. The van der Waals surface area contributed by atoms with Gasteiger partial charge in [-0.25, -0.2) is 4.79 Å². The Morgan fingerprint density at radius 3 is 1.73 bits per heavy atom. The standard InChI is InChI=1S/C4H11N.C2H2Cl2O2/c1-3-5-4-2;3-1(4)2(5)6/h5H,3-4H2,1-2H3;1H,(H,5,6). The molecular weight excluding hydrogens is 189 g/mol. The van der Waals surface area contributed by atoms with Crippen molar-refractivity contribution in [1.29, 1.82) is 0 Å². The molecule has 3 nitrogen and oxygen atoms in total. The minimum Gasteiger partial charge on any atom is -0.479 e. The summed E-state index contributed by atoms with van der Waals surface area (Å²) in [6, 6.07) is 0. The molecule has 0 saturated carbocycles. The van der Waals surface area contributed by atoms with E-state index in [4.69, 9.17) is 28.3 Å². The number of aliphatic carboxylic acids is 1. The van der Waals surface area contributed by atoms with Gasteiger partial charge in [0.2, 0.25) is 4.84 Å². The number of alkyl halides is 2. The first kappa shape index (κ1) is 13.6. The van der Waals surface area contributed by atoms with Crippen LogP contribution in [0.1, 0.15) is 13.8 Å². The zero-order valence-electron chi connectivity index (χ0n) is 6.60. The molecule has 0 heterocycles. The van der Waals surface area contributed by atoms with Crippen molar-refractivity contribution in [3.05, 3.63) is 0 Å². The summed E-state index contributed by atoms with van der Waals surface area (Å²) < 4.78 is 0. The summed E-state index contributed by atoms with van der Waals surface area (Å²) in [6.45, 7) is 6.39. The largest absolute Gasteiger partial charge is 0.479 e. The van der Waals surface area contributed by atoms with Crippen LogP contribution in [0, 0.1) is 0 Å². The topological polar surface area (TPSA) is 49.3 Å². The van der Waals surface area contributed by atoms with E-state index in [0.29, 0.717) is 0 Å². The first-order valence-corrected chi connectivity index (χ1v) is 4.15. The van der Waals surface area contributed by atoms with Crippen molar-refractivity contribution in [1.82, 2.24) is 5.32 Å². The lowest BCUT2D eigenvalue weighted by Gasteiger charge is -1.86. The highest BCUT2D eigenvalue weighted by atomic mass is 35.5. The molecule has 0 bridgehead atoms. The van der Waals surface area contributed by atoms with Crippen LogP contribution in [0.4, 0.5) is 0 Å². The van der Waals surface area contributed by atoms with E-state index in [1.54, 1.807) is 0 Å². The molecule has 0 radical (unpaired) electrons. The maximum absolute atomic E-state index is 9.44. The fourth-order valence-electron chi connectivity index (χ4n) is 0.250. The zero-order chi connectivity index (χ0) is 9.28. The van der Waals surface area contributed by atoms with Gasteiger partial charge in [-0.3, -0.25) is 0 Å². The highest BCUT2D eigenvalue weighted by Gasteiger charge is 2.05. The molecular formula is C6H13Cl2NO2. The molecule has 0 spiro atoms. The van der Waals surface area contributed by atoms with Crippen LogP contribution in [0.2, 0.25) is 0 Å². The number of carboxylic acid groups (broad SMARTS) is 1. The van der Waals surface area contributed by atoms with Crippen LogP contribution in [-0.2, 0) is 4.79 Å². The third kappa shape index (κ3) is 17.8. The molecule has 0 aliphatic carbocycles. The van der Waals surface area contributed by atoms with Gasteiger partial charge < -0.3 is 10.4 Å². The van der Waals surface area contributed by atoms with Gasteiger partial charge in [0, 0.05) is 0 Å².